The Hall–Kier alpha value is -2.23. The monoisotopic (exact) mass is 213 g/mol. The van der Waals surface area contributed by atoms with E-state index in [1.54, 1.807) is 23.0 Å². The van der Waals surface area contributed by atoms with E-state index in [0.717, 1.165) is 11.0 Å². The average molecular weight is 213 g/mol. The summed E-state index contributed by atoms with van der Waals surface area (Å²) in [6.45, 7) is 0. The molecule has 3 nitrogen and oxygen atoms in total. The minimum Gasteiger partial charge on any atom is -0.283 e. The number of benzene rings is 1. The highest BCUT2D eigenvalue weighted by Gasteiger charge is 2.04. The normalized spacial score (nSPS) is 10.8. The van der Waals surface area contributed by atoms with E-state index in [1.165, 1.54) is 6.07 Å². The predicted octanol–water partition coefficient (Wildman–Crippen LogP) is 2.56. The minimum atomic E-state index is -0.490. The molecule has 0 aliphatic rings. The van der Waals surface area contributed by atoms with E-state index in [9.17, 15) is 4.39 Å². The molecule has 0 bridgehead atoms. The molecule has 0 aliphatic heterocycles. The summed E-state index contributed by atoms with van der Waals surface area (Å²) >= 11 is 0. The molecule has 0 unspecified atom stereocenters. The standard InChI is InChI=1S/C12H8FN3/c13-11-6-3-7-12(15-11)16-8-14-9-4-1-2-5-10(9)16/h1-8H. The first-order chi connectivity index (χ1) is 7.84. The minimum absolute atomic E-state index is 0.490. The Balaban J connectivity index is 2.26. The Kier molecular flexibility index (Phi) is 1.93. The second-order valence-corrected chi connectivity index (χ2v) is 3.42. The number of rotatable bonds is 1. The quantitative estimate of drug-likeness (QED) is 0.581. The first kappa shape index (κ1) is 9.03. The molecular formula is C12H8FN3. The molecule has 3 aromatic rings. The summed E-state index contributed by atoms with van der Waals surface area (Å²) in [6.07, 6.45) is 1.65. The Bertz CT molecular complexity index is 645. The summed E-state index contributed by atoms with van der Waals surface area (Å²) in [7, 11) is 0. The Morgan fingerprint density at radius 3 is 2.75 bits per heavy atom. The highest BCUT2D eigenvalue weighted by molar-refractivity contribution is 5.76. The van der Waals surface area contributed by atoms with Crippen molar-refractivity contribution in [2.75, 3.05) is 0 Å². The van der Waals surface area contributed by atoms with Gasteiger partial charge < -0.3 is 0 Å². The number of halogens is 1. The second kappa shape index (κ2) is 3.41. The van der Waals surface area contributed by atoms with E-state index in [1.807, 2.05) is 24.3 Å². The van der Waals surface area contributed by atoms with Crippen molar-refractivity contribution in [2.45, 2.75) is 0 Å². The number of pyridine rings is 1. The molecule has 0 N–H and O–H groups in total. The van der Waals surface area contributed by atoms with Gasteiger partial charge in [-0.1, -0.05) is 18.2 Å². The molecule has 0 radical (unpaired) electrons. The topological polar surface area (TPSA) is 30.7 Å². The Labute approximate surface area is 91.2 Å². The van der Waals surface area contributed by atoms with Crippen molar-refractivity contribution in [2.24, 2.45) is 0 Å². The summed E-state index contributed by atoms with van der Waals surface area (Å²) in [6, 6.07) is 12.4. The highest BCUT2D eigenvalue weighted by Crippen LogP contribution is 2.16. The van der Waals surface area contributed by atoms with E-state index in [-0.39, 0.29) is 0 Å². The summed E-state index contributed by atoms with van der Waals surface area (Å²) in [5.41, 5.74) is 1.79. The second-order valence-electron chi connectivity index (χ2n) is 3.42. The average Bonchev–Trinajstić information content (AvgIpc) is 2.72. The molecule has 2 aromatic heterocycles. The van der Waals surface area contributed by atoms with E-state index >= 15 is 0 Å². The van der Waals surface area contributed by atoms with Crippen LogP contribution in [0, 0.1) is 5.95 Å². The van der Waals surface area contributed by atoms with Gasteiger partial charge in [0.2, 0.25) is 5.95 Å². The van der Waals surface area contributed by atoms with Crippen LogP contribution in [0.5, 0.6) is 0 Å². The first-order valence-corrected chi connectivity index (χ1v) is 4.89. The van der Waals surface area contributed by atoms with Crippen LogP contribution in [0.1, 0.15) is 0 Å². The molecule has 4 heteroatoms. The third kappa shape index (κ3) is 1.35. The van der Waals surface area contributed by atoms with Crippen molar-refractivity contribution in [1.29, 1.82) is 0 Å². The summed E-state index contributed by atoms with van der Waals surface area (Å²) in [5, 5.41) is 0. The molecule has 78 valence electrons. The lowest BCUT2D eigenvalue weighted by Gasteiger charge is -2.02. The molecule has 2 heterocycles. The molecular weight excluding hydrogens is 205 g/mol. The van der Waals surface area contributed by atoms with Crippen LogP contribution in [-0.4, -0.2) is 14.5 Å². The van der Waals surface area contributed by atoms with Gasteiger partial charge in [-0.3, -0.25) is 4.57 Å². The summed E-state index contributed by atoms with van der Waals surface area (Å²) in [5.74, 6) is 0.0454. The Morgan fingerprint density at radius 2 is 1.88 bits per heavy atom. The molecule has 0 fully saturated rings. The number of aromatic nitrogens is 3. The van der Waals surface area contributed by atoms with E-state index < -0.39 is 5.95 Å². The Morgan fingerprint density at radius 1 is 1.00 bits per heavy atom. The lowest BCUT2D eigenvalue weighted by atomic mass is 10.3. The number of fused-ring (bicyclic) bond motifs is 1. The fourth-order valence-electron chi connectivity index (χ4n) is 1.67. The van der Waals surface area contributed by atoms with Gasteiger partial charge in [0.15, 0.2) is 0 Å². The third-order valence-corrected chi connectivity index (χ3v) is 2.40. The zero-order valence-corrected chi connectivity index (χ0v) is 8.34. The number of hydrogen-bond donors (Lipinski definition) is 0. The molecule has 0 spiro atoms. The third-order valence-electron chi connectivity index (χ3n) is 2.40. The van der Waals surface area contributed by atoms with Gasteiger partial charge in [-0.15, -0.1) is 0 Å². The number of para-hydroxylation sites is 2. The maximum atomic E-state index is 13.0. The van der Waals surface area contributed by atoms with Crippen LogP contribution in [0.2, 0.25) is 0 Å². The predicted molar refractivity (Wildman–Crippen MR) is 58.8 cm³/mol. The number of hydrogen-bond acceptors (Lipinski definition) is 2. The fourth-order valence-corrected chi connectivity index (χ4v) is 1.67. The molecule has 0 saturated carbocycles. The molecule has 0 aliphatic carbocycles. The van der Waals surface area contributed by atoms with Crippen LogP contribution in [0.4, 0.5) is 4.39 Å². The maximum absolute atomic E-state index is 13.0. The maximum Gasteiger partial charge on any atom is 0.214 e. The smallest absolute Gasteiger partial charge is 0.214 e. The molecule has 3 rings (SSSR count). The molecule has 0 atom stereocenters. The van der Waals surface area contributed by atoms with Crippen molar-refractivity contribution >= 4 is 11.0 Å². The van der Waals surface area contributed by atoms with Gasteiger partial charge in [0.05, 0.1) is 11.0 Å². The highest BCUT2D eigenvalue weighted by atomic mass is 19.1. The summed E-state index contributed by atoms with van der Waals surface area (Å²) in [4.78, 5) is 8.05. The number of imidazole rings is 1. The van der Waals surface area contributed by atoms with Crippen LogP contribution in [0.25, 0.3) is 16.9 Å². The van der Waals surface area contributed by atoms with Crippen molar-refractivity contribution < 1.29 is 4.39 Å². The van der Waals surface area contributed by atoms with Crippen LogP contribution in [0.3, 0.4) is 0 Å². The van der Waals surface area contributed by atoms with Crippen LogP contribution in [0.15, 0.2) is 48.8 Å². The van der Waals surface area contributed by atoms with Gasteiger partial charge >= 0.3 is 0 Å². The summed E-state index contributed by atoms with van der Waals surface area (Å²) < 4.78 is 14.8. The SMILES string of the molecule is Fc1cccc(-n2cnc3ccccc32)n1. The van der Waals surface area contributed by atoms with Gasteiger partial charge in [-0.25, -0.2) is 9.97 Å². The van der Waals surface area contributed by atoms with E-state index in [0.29, 0.717) is 5.82 Å². The lowest BCUT2D eigenvalue weighted by Crippen LogP contribution is -1.96. The molecule has 1 aromatic carbocycles. The zero-order valence-electron chi connectivity index (χ0n) is 8.34. The van der Waals surface area contributed by atoms with E-state index in [4.69, 9.17) is 0 Å². The first-order valence-electron chi connectivity index (χ1n) is 4.89. The molecule has 0 saturated heterocycles. The fraction of sp³-hybridized carbons (Fsp3) is 0. The molecule has 16 heavy (non-hydrogen) atoms. The molecule has 0 amide bonds. The largest absolute Gasteiger partial charge is 0.283 e. The van der Waals surface area contributed by atoms with Crippen molar-refractivity contribution in [3.63, 3.8) is 0 Å². The number of nitrogens with zero attached hydrogens (tertiary/aromatic N) is 3. The van der Waals surface area contributed by atoms with Crippen molar-refractivity contribution in [1.82, 2.24) is 14.5 Å². The van der Waals surface area contributed by atoms with Gasteiger partial charge in [-0.2, -0.15) is 4.39 Å². The van der Waals surface area contributed by atoms with Gasteiger partial charge in [0.1, 0.15) is 12.1 Å². The van der Waals surface area contributed by atoms with Gasteiger partial charge in [0.25, 0.3) is 0 Å². The van der Waals surface area contributed by atoms with Crippen molar-refractivity contribution in [3.05, 3.63) is 54.7 Å². The zero-order chi connectivity index (χ0) is 11.0. The van der Waals surface area contributed by atoms with E-state index in [2.05, 4.69) is 9.97 Å². The van der Waals surface area contributed by atoms with Crippen LogP contribution in [-0.2, 0) is 0 Å². The van der Waals surface area contributed by atoms with Crippen LogP contribution >= 0.6 is 0 Å². The van der Waals surface area contributed by atoms with Gasteiger partial charge in [-0.05, 0) is 24.3 Å². The van der Waals surface area contributed by atoms with Crippen molar-refractivity contribution in [3.8, 4) is 5.82 Å². The lowest BCUT2D eigenvalue weighted by molar-refractivity contribution is 0.581. The van der Waals surface area contributed by atoms with Crippen LogP contribution < -0.4 is 0 Å². The van der Waals surface area contributed by atoms with Gasteiger partial charge in [0, 0.05) is 0 Å².